The third-order valence-electron chi connectivity index (χ3n) is 4.06. The molecule has 1 unspecified atom stereocenters. The highest BCUT2D eigenvalue weighted by atomic mass is 79.9. The van der Waals surface area contributed by atoms with E-state index in [1.807, 2.05) is 6.92 Å². The minimum absolute atomic E-state index is 0.214. The van der Waals surface area contributed by atoms with E-state index >= 15 is 0 Å². The van der Waals surface area contributed by atoms with E-state index in [1.165, 1.54) is 6.07 Å². The number of rotatable bonds is 7. The van der Waals surface area contributed by atoms with E-state index in [2.05, 4.69) is 36.5 Å². The van der Waals surface area contributed by atoms with Crippen molar-refractivity contribution in [3.8, 4) is 0 Å². The SMILES string of the molecule is CCNC(=NCc1cc(Br)ccc1F)NCC(C)(O)CN1CCOCC1. The van der Waals surface area contributed by atoms with Gasteiger partial charge in [-0.2, -0.15) is 0 Å². The van der Waals surface area contributed by atoms with E-state index in [4.69, 9.17) is 4.74 Å². The number of halogens is 2. The topological polar surface area (TPSA) is 69.1 Å². The zero-order chi connectivity index (χ0) is 19.0. The maximum absolute atomic E-state index is 13.9. The molecule has 0 bridgehead atoms. The van der Waals surface area contributed by atoms with Gasteiger partial charge < -0.3 is 20.5 Å². The van der Waals surface area contributed by atoms with Crippen molar-refractivity contribution in [2.24, 2.45) is 4.99 Å². The van der Waals surface area contributed by atoms with Gasteiger partial charge in [-0.1, -0.05) is 15.9 Å². The highest BCUT2D eigenvalue weighted by molar-refractivity contribution is 9.10. The number of benzene rings is 1. The van der Waals surface area contributed by atoms with Crippen LogP contribution in [0.15, 0.2) is 27.7 Å². The van der Waals surface area contributed by atoms with Crippen LogP contribution in [-0.2, 0) is 11.3 Å². The van der Waals surface area contributed by atoms with Crippen LogP contribution in [0.3, 0.4) is 0 Å². The maximum Gasteiger partial charge on any atom is 0.191 e. The van der Waals surface area contributed by atoms with Gasteiger partial charge >= 0.3 is 0 Å². The molecule has 1 aliphatic heterocycles. The van der Waals surface area contributed by atoms with Crippen LogP contribution in [-0.4, -0.2) is 67.5 Å². The van der Waals surface area contributed by atoms with Crippen LogP contribution in [0.1, 0.15) is 19.4 Å². The molecule has 26 heavy (non-hydrogen) atoms. The average Bonchev–Trinajstić information content (AvgIpc) is 2.60. The Bertz CT molecular complexity index is 607. The Balaban J connectivity index is 1.92. The molecule has 6 nitrogen and oxygen atoms in total. The molecule has 0 amide bonds. The van der Waals surface area contributed by atoms with Crippen molar-refractivity contribution in [2.45, 2.75) is 26.0 Å². The van der Waals surface area contributed by atoms with Crippen LogP contribution >= 0.6 is 15.9 Å². The Morgan fingerprint density at radius 2 is 2.12 bits per heavy atom. The largest absolute Gasteiger partial charge is 0.387 e. The van der Waals surface area contributed by atoms with Crippen molar-refractivity contribution >= 4 is 21.9 Å². The fourth-order valence-corrected chi connectivity index (χ4v) is 3.15. The standard InChI is InChI=1S/C18H28BrFN4O2/c1-3-21-17(22-11-14-10-15(19)4-5-16(14)20)23-12-18(2,25)13-24-6-8-26-9-7-24/h4-5,10,25H,3,6-9,11-13H2,1-2H3,(H2,21,22,23). The molecule has 2 rings (SSSR count). The van der Waals surface area contributed by atoms with Crippen LogP contribution in [0.5, 0.6) is 0 Å². The second-order valence-corrected chi connectivity index (χ2v) is 7.59. The van der Waals surface area contributed by atoms with Gasteiger partial charge in [-0.25, -0.2) is 9.38 Å². The van der Waals surface area contributed by atoms with Crippen molar-refractivity contribution < 1.29 is 14.2 Å². The van der Waals surface area contributed by atoms with Crippen LogP contribution < -0.4 is 10.6 Å². The molecule has 1 fully saturated rings. The van der Waals surface area contributed by atoms with E-state index in [-0.39, 0.29) is 12.4 Å². The monoisotopic (exact) mass is 430 g/mol. The van der Waals surface area contributed by atoms with E-state index < -0.39 is 5.60 Å². The van der Waals surface area contributed by atoms with Crippen molar-refractivity contribution in [1.82, 2.24) is 15.5 Å². The summed E-state index contributed by atoms with van der Waals surface area (Å²) in [5.41, 5.74) is -0.397. The Morgan fingerprint density at radius 1 is 1.38 bits per heavy atom. The highest BCUT2D eigenvalue weighted by Crippen LogP contribution is 2.16. The van der Waals surface area contributed by atoms with Crippen molar-refractivity contribution in [2.75, 3.05) is 45.9 Å². The van der Waals surface area contributed by atoms with Gasteiger partial charge in [-0.15, -0.1) is 0 Å². The lowest BCUT2D eigenvalue weighted by molar-refractivity contribution is -0.0201. The minimum Gasteiger partial charge on any atom is -0.387 e. The summed E-state index contributed by atoms with van der Waals surface area (Å²) >= 11 is 3.35. The normalized spacial score (nSPS) is 18.4. The molecule has 1 atom stereocenters. The molecule has 1 aromatic carbocycles. The zero-order valence-corrected chi connectivity index (χ0v) is 17.0. The Kier molecular flexibility index (Phi) is 8.27. The molecule has 0 aromatic heterocycles. The minimum atomic E-state index is -0.908. The molecular weight excluding hydrogens is 403 g/mol. The van der Waals surface area contributed by atoms with Gasteiger partial charge in [0.1, 0.15) is 5.82 Å². The van der Waals surface area contributed by atoms with E-state index in [0.717, 1.165) is 17.6 Å². The van der Waals surface area contributed by atoms with Crippen LogP contribution in [0.4, 0.5) is 4.39 Å². The van der Waals surface area contributed by atoms with Gasteiger partial charge in [0, 0.05) is 42.8 Å². The number of morpholine rings is 1. The molecule has 0 spiro atoms. The average molecular weight is 431 g/mol. The number of hydrogen-bond acceptors (Lipinski definition) is 4. The number of aliphatic imine (C=N–C) groups is 1. The number of aliphatic hydroxyl groups is 1. The molecular formula is C18H28BrFN4O2. The summed E-state index contributed by atoms with van der Waals surface area (Å²) < 4.78 is 20.0. The number of β-amino-alcohol motifs (C(OH)–C–C–N with tert-alkyl or cyclic N) is 1. The molecule has 146 valence electrons. The van der Waals surface area contributed by atoms with Crippen molar-refractivity contribution in [3.05, 3.63) is 34.1 Å². The summed E-state index contributed by atoms with van der Waals surface area (Å²) in [6, 6.07) is 4.80. The first kappa shape index (κ1) is 21.1. The molecule has 0 aliphatic carbocycles. The maximum atomic E-state index is 13.9. The summed E-state index contributed by atoms with van der Waals surface area (Å²) in [7, 11) is 0. The number of nitrogens with zero attached hydrogens (tertiary/aromatic N) is 2. The summed E-state index contributed by atoms with van der Waals surface area (Å²) in [6.45, 7) is 8.61. The number of ether oxygens (including phenoxy) is 1. The summed E-state index contributed by atoms with van der Waals surface area (Å²) in [6.07, 6.45) is 0. The molecule has 0 radical (unpaired) electrons. The van der Waals surface area contributed by atoms with E-state index in [9.17, 15) is 9.50 Å². The van der Waals surface area contributed by atoms with Gasteiger partial charge in [0.05, 0.1) is 25.4 Å². The second kappa shape index (κ2) is 10.2. The number of nitrogens with one attached hydrogen (secondary N) is 2. The molecule has 1 aliphatic rings. The van der Waals surface area contributed by atoms with E-state index in [0.29, 0.717) is 44.4 Å². The van der Waals surface area contributed by atoms with Crippen LogP contribution in [0, 0.1) is 5.82 Å². The predicted octanol–water partition coefficient (Wildman–Crippen LogP) is 1.73. The van der Waals surface area contributed by atoms with Gasteiger partial charge in [0.25, 0.3) is 0 Å². The lowest BCUT2D eigenvalue weighted by Crippen LogP contribution is -2.52. The number of guanidine groups is 1. The van der Waals surface area contributed by atoms with Gasteiger partial charge in [0.15, 0.2) is 5.96 Å². The number of hydrogen-bond donors (Lipinski definition) is 3. The van der Waals surface area contributed by atoms with E-state index in [1.54, 1.807) is 19.1 Å². The summed E-state index contributed by atoms with van der Waals surface area (Å²) in [5.74, 6) is 0.265. The van der Waals surface area contributed by atoms with Gasteiger partial charge in [0.2, 0.25) is 0 Å². The highest BCUT2D eigenvalue weighted by Gasteiger charge is 2.25. The third-order valence-corrected chi connectivity index (χ3v) is 4.56. The molecule has 3 N–H and O–H groups in total. The molecule has 1 aromatic rings. The van der Waals surface area contributed by atoms with Crippen molar-refractivity contribution in [1.29, 1.82) is 0 Å². The molecule has 1 saturated heterocycles. The van der Waals surface area contributed by atoms with Crippen LogP contribution in [0.25, 0.3) is 0 Å². The summed E-state index contributed by atoms with van der Waals surface area (Å²) in [5, 5.41) is 16.9. The predicted molar refractivity (Wildman–Crippen MR) is 105 cm³/mol. The lowest BCUT2D eigenvalue weighted by atomic mass is 10.1. The van der Waals surface area contributed by atoms with Crippen molar-refractivity contribution in [3.63, 3.8) is 0 Å². The second-order valence-electron chi connectivity index (χ2n) is 6.67. The quantitative estimate of drug-likeness (QED) is 0.453. The molecule has 8 heteroatoms. The fourth-order valence-electron chi connectivity index (χ4n) is 2.74. The first-order valence-corrected chi connectivity index (χ1v) is 9.67. The smallest absolute Gasteiger partial charge is 0.191 e. The molecule has 0 saturated carbocycles. The molecule has 1 heterocycles. The van der Waals surface area contributed by atoms with Crippen LogP contribution in [0.2, 0.25) is 0 Å². The Hall–Kier alpha value is -1.22. The Labute approximate surface area is 163 Å². The summed E-state index contributed by atoms with van der Waals surface area (Å²) in [4.78, 5) is 6.61. The van der Waals surface area contributed by atoms with Gasteiger partial charge in [-0.05, 0) is 32.0 Å². The first-order valence-electron chi connectivity index (χ1n) is 8.88. The fraction of sp³-hybridized carbons (Fsp3) is 0.611. The lowest BCUT2D eigenvalue weighted by Gasteiger charge is -2.34. The first-order chi connectivity index (χ1) is 12.4. The zero-order valence-electron chi connectivity index (χ0n) is 15.4. The van der Waals surface area contributed by atoms with Gasteiger partial charge in [-0.3, -0.25) is 4.90 Å². The third kappa shape index (κ3) is 7.19. The Morgan fingerprint density at radius 3 is 2.81 bits per heavy atom.